The molecule has 0 atom stereocenters. The van der Waals surface area contributed by atoms with Crippen molar-refractivity contribution in [2.24, 2.45) is 0 Å². The van der Waals surface area contributed by atoms with Gasteiger partial charge in [-0.25, -0.2) is 15.0 Å². The van der Waals surface area contributed by atoms with Gasteiger partial charge in [0.25, 0.3) is 0 Å². The minimum absolute atomic E-state index is 0.0700. The lowest BCUT2D eigenvalue weighted by atomic mass is 9.82. The molecule has 2 heterocycles. The fourth-order valence-electron chi connectivity index (χ4n) is 9.65. The van der Waals surface area contributed by atoms with E-state index < -0.39 is 0 Å². The second-order valence-corrected chi connectivity index (χ2v) is 17.2. The molecule has 0 bridgehead atoms. The van der Waals surface area contributed by atoms with E-state index in [1.807, 2.05) is 30.3 Å². The van der Waals surface area contributed by atoms with E-state index in [1.165, 1.54) is 33.4 Å². The first-order valence-corrected chi connectivity index (χ1v) is 21.8. The van der Waals surface area contributed by atoms with Crippen molar-refractivity contribution in [1.82, 2.24) is 15.0 Å². The number of aromatic nitrogens is 3. The molecule has 0 N–H and O–H groups in total. The molecule has 0 radical (unpaired) electrons. The van der Waals surface area contributed by atoms with Crippen molar-refractivity contribution >= 4 is 21.9 Å². The van der Waals surface area contributed by atoms with Gasteiger partial charge in [0.05, 0.1) is 0 Å². The van der Waals surface area contributed by atoms with E-state index in [0.29, 0.717) is 17.5 Å². The molecule has 0 fully saturated rings. The first-order valence-electron chi connectivity index (χ1n) is 21.8. The van der Waals surface area contributed by atoms with Gasteiger partial charge >= 0.3 is 0 Å². The van der Waals surface area contributed by atoms with Gasteiger partial charge in [0.2, 0.25) is 0 Å². The quantitative estimate of drug-likeness (QED) is 0.161. The van der Waals surface area contributed by atoms with Crippen LogP contribution in [0, 0.1) is 0 Å². The van der Waals surface area contributed by atoms with Crippen LogP contribution in [0.2, 0.25) is 0 Å². The van der Waals surface area contributed by atoms with Crippen molar-refractivity contribution in [2.45, 2.75) is 19.3 Å². The highest BCUT2D eigenvalue weighted by molar-refractivity contribution is 6.13. The first-order chi connectivity index (χ1) is 31.4. The lowest BCUT2D eigenvalue weighted by molar-refractivity contribution is 0.660. The monoisotopic (exact) mass is 819 g/mol. The number of furan rings is 1. The lowest BCUT2D eigenvalue weighted by Crippen LogP contribution is -2.14. The summed E-state index contributed by atoms with van der Waals surface area (Å²) in [5.41, 5.74) is 18.6. The Morgan fingerprint density at radius 2 is 0.812 bits per heavy atom. The highest BCUT2D eigenvalue weighted by atomic mass is 16.3. The summed E-state index contributed by atoms with van der Waals surface area (Å²) >= 11 is 0. The maximum Gasteiger partial charge on any atom is 0.164 e. The van der Waals surface area contributed by atoms with Gasteiger partial charge < -0.3 is 4.42 Å². The van der Waals surface area contributed by atoms with Gasteiger partial charge in [0.15, 0.2) is 17.5 Å². The summed E-state index contributed by atoms with van der Waals surface area (Å²) in [5.74, 6) is 1.78. The Bertz CT molecular complexity index is 3560. The summed E-state index contributed by atoms with van der Waals surface area (Å²) in [6, 6.07) is 75.0. The van der Waals surface area contributed by atoms with Gasteiger partial charge in [0.1, 0.15) is 11.2 Å². The molecule has 1 aliphatic carbocycles. The van der Waals surface area contributed by atoms with Crippen molar-refractivity contribution in [1.29, 1.82) is 0 Å². The van der Waals surface area contributed by atoms with Gasteiger partial charge in [-0.15, -0.1) is 0 Å². The lowest BCUT2D eigenvalue weighted by Gasteiger charge is -2.21. The van der Waals surface area contributed by atoms with Crippen molar-refractivity contribution in [2.75, 3.05) is 0 Å². The van der Waals surface area contributed by atoms with Crippen molar-refractivity contribution in [3.63, 3.8) is 0 Å². The van der Waals surface area contributed by atoms with Crippen LogP contribution < -0.4 is 0 Å². The standard InChI is InChI=1S/C60H41N3O/c1-60(2)52-23-13-12-21-49(52)51-36-43(30-32-53(51)60)46-33-45(39-17-8-4-9-18-39)34-47(35-46)59-62-57(42-19-10-5-11-20-42)61-58(63-59)44-29-31-50-55(37-44)64-54-24-14-22-48(56(50)54)41-27-25-40(26-28-41)38-15-6-3-7-16-38/h3-37H,1-2H3. The summed E-state index contributed by atoms with van der Waals surface area (Å²) in [6.45, 7) is 4.65. The van der Waals surface area contributed by atoms with Crippen LogP contribution in [0.3, 0.4) is 0 Å². The van der Waals surface area contributed by atoms with E-state index in [0.717, 1.165) is 72.0 Å². The molecule has 0 saturated heterocycles. The van der Waals surface area contributed by atoms with Crippen LogP contribution in [0.4, 0.5) is 0 Å². The Kier molecular flexibility index (Phi) is 8.80. The molecule has 0 unspecified atom stereocenters. The summed E-state index contributed by atoms with van der Waals surface area (Å²) in [4.78, 5) is 15.6. The predicted octanol–water partition coefficient (Wildman–Crippen LogP) is 15.7. The molecule has 2 aromatic heterocycles. The topological polar surface area (TPSA) is 51.8 Å². The Morgan fingerprint density at radius 3 is 1.53 bits per heavy atom. The Morgan fingerprint density at radius 1 is 0.312 bits per heavy atom. The fourth-order valence-corrected chi connectivity index (χ4v) is 9.65. The maximum atomic E-state index is 6.62. The highest BCUT2D eigenvalue weighted by Crippen LogP contribution is 2.50. The van der Waals surface area contributed by atoms with Gasteiger partial charge in [0, 0.05) is 32.9 Å². The average molecular weight is 820 g/mol. The molecule has 0 spiro atoms. The van der Waals surface area contributed by atoms with Crippen LogP contribution in [0.25, 0.3) is 112 Å². The molecule has 9 aromatic carbocycles. The zero-order valence-electron chi connectivity index (χ0n) is 35.5. The van der Waals surface area contributed by atoms with Gasteiger partial charge in [-0.3, -0.25) is 0 Å². The predicted molar refractivity (Wildman–Crippen MR) is 263 cm³/mol. The summed E-state index contributed by atoms with van der Waals surface area (Å²) < 4.78 is 6.62. The van der Waals surface area contributed by atoms with E-state index in [9.17, 15) is 0 Å². The molecule has 0 saturated carbocycles. The molecule has 4 heteroatoms. The third-order valence-corrected chi connectivity index (χ3v) is 12.9. The molecule has 0 amide bonds. The highest BCUT2D eigenvalue weighted by Gasteiger charge is 2.35. The van der Waals surface area contributed by atoms with Gasteiger partial charge in [-0.1, -0.05) is 184 Å². The van der Waals surface area contributed by atoms with E-state index in [1.54, 1.807) is 0 Å². The summed E-state index contributed by atoms with van der Waals surface area (Å²) in [5, 5.41) is 2.13. The van der Waals surface area contributed by atoms with Crippen LogP contribution in [0.1, 0.15) is 25.0 Å². The van der Waals surface area contributed by atoms with Crippen molar-refractivity contribution < 1.29 is 4.42 Å². The van der Waals surface area contributed by atoms with E-state index >= 15 is 0 Å². The Labute approximate surface area is 372 Å². The normalized spacial score (nSPS) is 12.7. The van der Waals surface area contributed by atoms with Crippen LogP contribution in [0.15, 0.2) is 217 Å². The second-order valence-electron chi connectivity index (χ2n) is 17.2. The molecule has 4 nitrogen and oxygen atoms in total. The zero-order valence-corrected chi connectivity index (χ0v) is 35.5. The first kappa shape index (κ1) is 37.5. The fraction of sp³-hybridized carbons (Fsp3) is 0.0500. The van der Waals surface area contributed by atoms with Crippen LogP contribution in [-0.4, -0.2) is 15.0 Å². The Balaban J connectivity index is 0.993. The van der Waals surface area contributed by atoms with Gasteiger partial charge in [-0.2, -0.15) is 0 Å². The van der Waals surface area contributed by atoms with E-state index in [4.69, 9.17) is 19.4 Å². The molecule has 12 rings (SSSR count). The minimum Gasteiger partial charge on any atom is -0.456 e. The third kappa shape index (κ3) is 6.42. The van der Waals surface area contributed by atoms with E-state index in [-0.39, 0.29) is 5.41 Å². The smallest absolute Gasteiger partial charge is 0.164 e. The second kappa shape index (κ2) is 15.0. The molecular formula is C60H41N3O. The molecule has 302 valence electrons. The van der Waals surface area contributed by atoms with E-state index in [2.05, 4.69) is 196 Å². The number of hydrogen-bond donors (Lipinski definition) is 0. The average Bonchev–Trinajstić information content (AvgIpc) is 3.85. The SMILES string of the molecule is CC1(C)c2ccccc2-c2cc(-c3cc(-c4ccccc4)cc(-c4nc(-c5ccccc5)nc(-c5ccc6c(c5)oc5cccc(-c7ccc(-c8ccccc8)cc7)c56)n4)c3)ccc21. The molecule has 64 heavy (non-hydrogen) atoms. The van der Waals surface area contributed by atoms with Crippen LogP contribution >= 0.6 is 0 Å². The minimum atomic E-state index is -0.0700. The molecule has 0 aliphatic heterocycles. The van der Waals surface area contributed by atoms with Crippen molar-refractivity contribution in [3.8, 4) is 89.8 Å². The maximum absolute atomic E-state index is 6.62. The number of benzene rings is 9. The van der Waals surface area contributed by atoms with Crippen molar-refractivity contribution in [3.05, 3.63) is 223 Å². The third-order valence-electron chi connectivity index (χ3n) is 12.9. The molecule has 11 aromatic rings. The largest absolute Gasteiger partial charge is 0.456 e. The number of nitrogens with zero attached hydrogens (tertiary/aromatic N) is 3. The van der Waals surface area contributed by atoms with Crippen LogP contribution in [-0.2, 0) is 5.41 Å². The number of fused-ring (bicyclic) bond motifs is 6. The number of rotatable bonds is 7. The Hall–Kier alpha value is -8.21. The van der Waals surface area contributed by atoms with Gasteiger partial charge in [-0.05, 0) is 109 Å². The molecule has 1 aliphatic rings. The van der Waals surface area contributed by atoms with Crippen LogP contribution in [0.5, 0.6) is 0 Å². The summed E-state index contributed by atoms with van der Waals surface area (Å²) in [6.07, 6.45) is 0. The number of hydrogen-bond acceptors (Lipinski definition) is 4. The zero-order chi connectivity index (χ0) is 42.8. The molecular weight excluding hydrogens is 779 g/mol. The summed E-state index contributed by atoms with van der Waals surface area (Å²) in [7, 11) is 0.